The zero-order valence-corrected chi connectivity index (χ0v) is 7.76. The molecule has 0 radical (unpaired) electrons. The Morgan fingerprint density at radius 1 is 1.33 bits per heavy atom. The van der Waals surface area contributed by atoms with Crippen molar-refractivity contribution in [2.24, 2.45) is 0 Å². The average molecular weight is 194 g/mol. The van der Waals surface area contributed by atoms with Crippen molar-refractivity contribution < 1.29 is 19.4 Å². The molecule has 0 saturated heterocycles. The summed E-state index contributed by atoms with van der Waals surface area (Å²) in [6, 6.07) is 0. The van der Waals surface area contributed by atoms with E-state index in [1.54, 1.807) is 0 Å². The first kappa shape index (κ1) is 11.7. The first-order chi connectivity index (χ1) is 5.81. The maximum atomic E-state index is 10.7. The lowest BCUT2D eigenvalue weighted by Gasteiger charge is -2.03. The Morgan fingerprint density at radius 3 is 2.67 bits per heavy atom. The van der Waals surface area contributed by atoms with E-state index in [0.717, 1.165) is 0 Å². The van der Waals surface area contributed by atoms with Crippen LogP contribution in [0.5, 0.6) is 0 Å². The maximum absolute atomic E-state index is 10.7. The van der Waals surface area contributed by atoms with Crippen molar-refractivity contribution in [1.82, 2.24) is 0 Å². The lowest BCUT2D eigenvalue weighted by Crippen LogP contribution is -2.12. The van der Waals surface area contributed by atoms with Crippen LogP contribution in [0.25, 0.3) is 0 Å². The van der Waals surface area contributed by atoms with Gasteiger partial charge in [-0.2, -0.15) is 12.6 Å². The second-order valence-corrected chi connectivity index (χ2v) is 2.48. The summed E-state index contributed by atoms with van der Waals surface area (Å²) in [5.74, 6) is 0.230. The Balaban J connectivity index is 3.03. The van der Waals surface area contributed by atoms with Gasteiger partial charge in [0.1, 0.15) is 6.61 Å². The van der Waals surface area contributed by atoms with Gasteiger partial charge in [0.25, 0.3) is 0 Å². The van der Waals surface area contributed by atoms with Crippen molar-refractivity contribution in [3.05, 3.63) is 0 Å². The van der Waals surface area contributed by atoms with E-state index in [1.807, 2.05) is 0 Å². The molecule has 4 nitrogen and oxygen atoms in total. The van der Waals surface area contributed by atoms with Crippen LogP contribution in [0.15, 0.2) is 0 Å². The van der Waals surface area contributed by atoms with Gasteiger partial charge in [-0.1, -0.05) is 0 Å². The summed E-state index contributed by atoms with van der Waals surface area (Å²) >= 11 is 3.87. The summed E-state index contributed by atoms with van der Waals surface area (Å²) in [6.07, 6.45) is 0.323. The van der Waals surface area contributed by atoms with Crippen LogP contribution >= 0.6 is 12.6 Å². The molecule has 0 amide bonds. The van der Waals surface area contributed by atoms with Gasteiger partial charge in [0.2, 0.25) is 0 Å². The van der Waals surface area contributed by atoms with E-state index in [9.17, 15) is 4.79 Å². The van der Waals surface area contributed by atoms with Gasteiger partial charge in [-0.25, -0.2) is 0 Å². The van der Waals surface area contributed by atoms with Crippen LogP contribution in [-0.4, -0.2) is 43.3 Å². The number of aliphatic hydroxyl groups excluding tert-OH is 1. The number of hydrogen-bond donors (Lipinski definition) is 2. The van der Waals surface area contributed by atoms with Crippen molar-refractivity contribution in [2.45, 2.75) is 6.42 Å². The first-order valence-corrected chi connectivity index (χ1v) is 4.39. The van der Waals surface area contributed by atoms with Gasteiger partial charge in [0.15, 0.2) is 0 Å². The van der Waals surface area contributed by atoms with E-state index in [0.29, 0.717) is 18.8 Å². The second-order valence-electron chi connectivity index (χ2n) is 2.03. The normalized spacial score (nSPS) is 9.83. The summed E-state index contributed by atoms with van der Waals surface area (Å²) in [4.78, 5) is 10.7. The van der Waals surface area contributed by atoms with Crippen LogP contribution in [-0.2, 0) is 14.3 Å². The van der Waals surface area contributed by atoms with Gasteiger partial charge >= 0.3 is 5.97 Å². The minimum absolute atomic E-state index is 0.00934. The highest BCUT2D eigenvalue weighted by Crippen LogP contribution is 1.88. The highest BCUT2D eigenvalue weighted by molar-refractivity contribution is 7.80. The van der Waals surface area contributed by atoms with E-state index >= 15 is 0 Å². The number of rotatable bonds is 7. The number of thiol groups is 1. The topological polar surface area (TPSA) is 55.8 Å². The van der Waals surface area contributed by atoms with Gasteiger partial charge in [0.05, 0.1) is 26.2 Å². The molecular weight excluding hydrogens is 180 g/mol. The number of carbonyl (C=O) groups is 1. The van der Waals surface area contributed by atoms with E-state index < -0.39 is 0 Å². The zero-order valence-electron chi connectivity index (χ0n) is 6.86. The predicted octanol–water partition coefficient (Wildman–Crippen LogP) is -0.142. The van der Waals surface area contributed by atoms with Gasteiger partial charge < -0.3 is 14.6 Å². The van der Waals surface area contributed by atoms with Crippen molar-refractivity contribution in [3.8, 4) is 0 Å². The third-order valence-corrected chi connectivity index (χ3v) is 1.27. The zero-order chi connectivity index (χ0) is 9.23. The van der Waals surface area contributed by atoms with E-state index in [-0.39, 0.29) is 25.8 Å². The smallest absolute Gasteiger partial charge is 0.306 e. The molecule has 0 aromatic carbocycles. The van der Waals surface area contributed by atoms with Crippen molar-refractivity contribution >= 4 is 18.6 Å². The third-order valence-electron chi connectivity index (χ3n) is 1.04. The molecule has 0 rings (SSSR count). The Hall–Kier alpha value is -0.260. The Kier molecular flexibility index (Phi) is 8.64. The van der Waals surface area contributed by atoms with Crippen LogP contribution < -0.4 is 0 Å². The monoisotopic (exact) mass is 194 g/mol. The molecule has 0 aliphatic rings. The molecule has 0 aliphatic carbocycles. The van der Waals surface area contributed by atoms with E-state index in [2.05, 4.69) is 12.6 Å². The number of carbonyl (C=O) groups excluding carboxylic acids is 1. The van der Waals surface area contributed by atoms with Crippen LogP contribution in [0.1, 0.15) is 6.42 Å². The standard InChI is InChI=1S/C7H14O4S/c8-2-3-10-4-5-11-7(9)1-6-12/h8,12H,1-6H2. The van der Waals surface area contributed by atoms with Crippen LogP contribution in [0, 0.1) is 0 Å². The number of ether oxygens (including phenoxy) is 2. The minimum Gasteiger partial charge on any atom is -0.463 e. The van der Waals surface area contributed by atoms with Crippen molar-refractivity contribution in [1.29, 1.82) is 0 Å². The fraction of sp³-hybridized carbons (Fsp3) is 0.857. The molecule has 0 aromatic rings. The van der Waals surface area contributed by atoms with Crippen LogP contribution in [0.2, 0.25) is 0 Å². The van der Waals surface area contributed by atoms with Gasteiger partial charge in [0, 0.05) is 5.75 Å². The highest BCUT2D eigenvalue weighted by Gasteiger charge is 1.99. The van der Waals surface area contributed by atoms with Crippen molar-refractivity contribution in [2.75, 3.05) is 32.2 Å². The summed E-state index contributed by atoms with van der Waals surface area (Å²) in [6.45, 7) is 0.847. The summed E-state index contributed by atoms with van der Waals surface area (Å²) in [5.41, 5.74) is 0. The third kappa shape index (κ3) is 7.84. The highest BCUT2D eigenvalue weighted by atomic mass is 32.1. The molecule has 0 aliphatic heterocycles. The van der Waals surface area contributed by atoms with E-state index in [4.69, 9.17) is 14.6 Å². The van der Waals surface area contributed by atoms with Gasteiger partial charge in [-0.05, 0) is 0 Å². The molecule has 0 unspecified atom stereocenters. The molecule has 0 heterocycles. The molecule has 12 heavy (non-hydrogen) atoms. The fourth-order valence-electron chi connectivity index (χ4n) is 0.544. The van der Waals surface area contributed by atoms with Crippen LogP contribution in [0.4, 0.5) is 0 Å². The molecule has 0 bridgehead atoms. The predicted molar refractivity (Wildman–Crippen MR) is 47.3 cm³/mol. The maximum Gasteiger partial charge on any atom is 0.306 e. The summed E-state index contributed by atoms with van der Waals surface area (Å²) < 4.78 is 9.60. The number of aliphatic hydroxyl groups is 1. The lowest BCUT2D eigenvalue weighted by molar-refractivity contribution is -0.144. The minimum atomic E-state index is -0.266. The summed E-state index contributed by atoms with van der Waals surface area (Å²) in [7, 11) is 0. The summed E-state index contributed by atoms with van der Waals surface area (Å²) in [5, 5.41) is 8.32. The SMILES string of the molecule is O=C(CCS)OCCOCCO. The fourth-order valence-corrected chi connectivity index (χ4v) is 0.727. The Morgan fingerprint density at radius 2 is 2.08 bits per heavy atom. The van der Waals surface area contributed by atoms with Crippen LogP contribution in [0.3, 0.4) is 0 Å². The molecular formula is C7H14O4S. The van der Waals surface area contributed by atoms with Gasteiger partial charge in [-0.3, -0.25) is 4.79 Å². The number of esters is 1. The lowest BCUT2D eigenvalue weighted by atomic mass is 10.5. The second kappa shape index (κ2) is 8.83. The quantitative estimate of drug-likeness (QED) is 0.336. The molecule has 0 aromatic heterocycles. The molecule has 0 fully saturated rings. The Bertz CT molecular complexity index is 118. The Labute approximate surface area is 77.3 Å². The molecule has 0 atom stereocenters. The van der Waals surface area contributed by atoms with Crippen molar-refractivity contribution in [3.63, 3.8) is 0 Å². The first-order valence-electron chi connectivity index (χ1n) is 3.76. The molecule has 1 N–H and O–H groups in total. The largest absolute Gasteiger partial charge is 0.463 e. The molecule has 72 valence electrons. The van der Waals surface area contributed by atoms with Gasteiger partial charge in [-0.15, -0.1) is 0 Å². The number of hydrogen-bond acceptors (Lipinski definition) is 5. The van der Waals surface area contributed by atoms with E-state index in [1.165, 1.54) is 0 Å². The molecule has 5 heteroatoms. The molecule has 0 spiro atoms. The molecule has 0 saturated carbocycles. The average Bonchev–Trinajstić information content (AvgIpc) is 2.05.